The van der Waals surface area contributed by atoms with E-state index in [4.69, 9.17) is 0 Å². The van der Waals surface area contributed by atoms with Gasteiger partial charge in [0, 0.05) is 10.8 Å². The fourth-order valence-electron chi connectivity index (χ4n) is 2.47. The summed E-state index contributed by atoms with van der Waals surface area (Å²) >= 11 is 0. The van der Waals surface area contributed by atoms with Crippen molar-refractivity contribution in [2.75, 3.05) is 0 Å². The molecule has 0 fully saturated rings. The lowest BCUT2D eigenvalue weighted by atomic mass is 9.97. The molecule has 2 aromatic carbocycles. The van der Waals surface area contributed by atoms with Gasteiger partial charge in [0.1, 0.15) is 9.79 Å². The van der Waals surface area contributed by atoms with Crippen LogP contribution in [0.2, 0.25) is 0 Å². The highest BCUT2D eigenvalue weighted by atomic mass is 32.2. The Morgan fingerprint density at radius 2 is 1.19 bits per heavy atom. The van der Waals surface area contributed by atoms with Crippen molar-refractivity contribution in [2.45, 2.75) is 9.79 Å². The van der Waals surface area contributed by atoms with E-state index >= 15 is 0 Å². The molecule has 0 aliphatic heterocycles. The Labute approximate surface area is 148 Å². The third-order valence-electron chi connectivity index (χ3n) is 3.38. The first-order valence-electron chi connectivity index (χ1n) is 6.29. The molecule has 0 bridgehead atoms. The molecule has 2 aromatic rings. The fourth-order valence-corrected chi connectivity index (χ4v) is 4.67. The van der Waals surface area contributed by atoms with Gasteiger partial charge in [-0.2, -0.15) is 16.8 Å². The summed E-state index contributed by atoms with van der Waals surface area (Å²) in [4.78, 5) is 19.2. The third kappa shape index (κ3) is 3.08. The van der Waals surface area contributed by atoms with Gasteiger partial charge in [0.15, 0.2) is 11.5 Å². The van der Waals surface area contributed by atoms with Crippen molar-refractivity contribution in [3.63, 3.8) is 0 Å². The minimum Gasteiger partial charge on any atom is -0.504 e. The lowest BCUT2D eigenvalue weighted by Gasteiger charge is -2.17. The molecule has 0 heterocycles. The third-order valence-corrected chi connectivity index (χ3v) is 5.37. The summed E-state index contributed by atoms with van der Waals surface area (Å²) in [6.45, 7) is 0. The van der Waals surface area contributed by atoms with Crippen LogP contribution in [0.4, 0.5) is 0 Å². The number of hydrogen-bond donors (Lipinski definition) is 7. The zero-order valence-corrected chi connectivity index (χ0v) is 14.1. The van der Waals surface area contributed by atoms with Gasteiger partial charge in [0.2, 0.25) is 5.75 Å². The molecular weight excluding hydrogens is 416 g/mol. The molecule has 7 N–H and O–H groups in total. The van der Waals surface area contributed by atoms with Crippen molar-refractivity contribution in [3.05, 3.63) is 17.2 Å². The molecule has 146 valence electrons. The normalized spacial score (nSPS) is 12.2. The Hall–Kier alpha value is -3.14. The monoisotopic (exact) mass is 424 g/mol. The topological polar surface area (TPSA) is 244 Å². The SMILES string of the molecule is O=C(O)c1c(S(=O)(=O)O)c(S(=O)(=O)O)c2cc(O)c(O)c(O)c2c1C(=O)O. The lowest BCUT2D eigenvalue weighted by Crippen LogP contribution is -2.20. The van der Waals surface area contributed by atoms with Crippen LogP contribution in [-0.4, -0.2) is 63.4 Å². The van der Waals surface area contributed by atoms with Gasteiger partial charge in [-0.15, -0.1) is 0 Å². The summed E-state index contributed by atoms with van der Waals surface area (Å²) in [6.07, 6.45) is 0. The van der Waals surface area contributed by atoms with Crippen molar-refractivity contribution in [1.29, 1.82) is 0 Å². The van der Waals surface area contributed by atoms with Crippen LogP contribution in [0.15, 0.2) is 15.9 Å². The quantitative estimate of drug-likeness (QED) is 0.249. The Morgan fingerprint density at radius 3 is 1.56 bits per heavy atom. The summed E-state index contributed by atoms with van der Waals surface area (Å²) in [7, 11) is -11.5. The zero-order valence-electron chi connectivity index (χ0n) is 12.5. The number of carbonyl (C=O) groups is 2. The number of rotatable bonds is 4. The first kappa shape index (κ1) is 20.2. The average Bonchev–Trinajstić information content (AvgIpc) is 2.48. The van der Waals surface area contributed by atoms with E-state index < -0.39 is 81.1 Å². The maximum Gasteiger partial charge on any atom is 0.338 e. The van der Waals surface area contributed by atoms with E-state index in [-0.39, 0.29) is 6.07 Å². The Balaban J connectivity index is 3.58. The highest BCUT2D eigenvalue weighted by Gasteiger charge is 2.39. The largest absolute Gasteiger partial charge is 0.504 e. The fraction of sp³-hybridized carbons (Fsp3) is 0. The second-order valence-corrected chi connectivity index (χ2v) is 7.70. The molecule has 0 aliphatic rings. The zero-order chi connectivity index (χ0) is 21.1. The number of aromatic carboxylic acids is 2. The van der Waals surface area contributed by atoms with Crippen molar-refractivity contribution in [3.8, 4) is 17.2 Å². The summed E-state index contributed by atoms with van der Waals surface area (Å²) in [5.41, 5.74) is -3.35. The summed E-state index contributed by atoms with van der Waals surface area (Å²) in [5, 5.41) is 45.0. The van der Waals surface area contributed by atoms with Crippen LogP contribution in [0.3, 0.4) is 0 Å². The van der Waals surface area contributed by atoms with Crippen LogP contribution in [0.1, 0.15) is 20.7 Å². The molecular formula is C12H8O13S2. The van der Waals surface area contributed by atoms with Crippen molar-refractivity contribution < 1.29 is 61.1 Å². The molecule has 0 spiro atoms. The van der Waals surface area contributed by atoms with Crippen LogP contribution in [0, 0.1) is 0 Å². The van der Waals surface area contributed by atoms with Gasteiger partial charge in [-0.25, -0.2) is 9.59 Å². The standard InChI is InChI=1S/C12H8O13S2/c13-3-1-2-4(8(15)7(3)14)5(11(16)17)6(12(18)19)10(27(23,24)25)9(2)26(20,21)22/h1,13-15H,(H,16,17)(H,18,19)(H,20,21,22)(H,23,24,25). The first-order valence-corrected chi connectivity index (χ1v) is 9.17. The van der Waals surface area contributed by atoms with Gasteiger partial charge in [-0.1, -0.05) is 0 Å². The van der Waals surface area contributed by atoms with Gasteiger partial charge >= 0.3 is 11.9 Å². The number of phenols is 3. The van der Waals surface area contributed by atoms with Crippen LogP contribution in [-0.2, 0) is 20.2 Å². The van der Waals surface area contributed by atoms with E-state index in [1.807, 2.05) is 0 Å². The van der Waals surface area contributed by atoms with Gasteiger partial charge in [-0.05, 0) is 6.07 Å². The number of carboxylic acid groups (broad SMARTS) is 2. The number of hydrogen-bond acceptors (Lipinski definition) is 9. The van der Waals surface area contributed by atoms with Crippen LogP contribution < -0.4 is 0 Å². The van der Waals surface area contributed by atoms with E-state index in [0.717, 1.165) is 0 Å². The predicted molar refractivity (Wildman–Crippen MR) is 82.5 cm³/mol. The molecule has 0 saturated carbocycles. The first-order chi connectivity index (χ1) is 12.1. The predicted octanol–water partition coefficient (Wildman–Crippen LogP) is -0.154. The number of phenolic OH excluding ortho intramolecular Hbond substituents is 3. The molecule has 13 nitrogen and oxygen atoms in total. The van der Waals surface area contributed by atoms with Crippen LogP contribution >= 0.6 is 0 Å². The Kier molecular flexibility index (Phi) is 4.44. The van der Waals surface area contributed by atoms with E-state index in [1.54, 1.807) is 0 Å². The van der Waals surface area contributed by atoms with Crippen LogP contribution in [0.5, 0.6) is 17.2 Å². The second-order valence-electron chi connectivity index (χ2n) is 4.98. The van der Waals surface area contributed by atoms with Crippen molar-refractivity contribution in [2.24, 2.45) is 0 Å². The number of benzene rings is 2. The molecule has 2 rings (SSSR count). The maximum absolute atomic E-state index is 11.7. The lowest BCUT2D eigenvalue weighted by molar-refractivity contribution is 0.0649. The van der Waals surface area contributed by atoms with Crippen molar-refractivity contribution in [1.82, 2.24) is 0 Å². The summed E-state index contributed by atoms with van der Waals surface area (Å²) in [5.74, 6) is -8.74. The van der Waals surface area contributed by atoms with Gasteiger partial charge in [0.25, 0.3) is 20.2 Å². The molecule has 27 heavy (non-hydrogen) atoms. The van der Waals surface area contributed by atoms with E-state index in [2.05, 4.69) is 0 Å². The van der Waals surface area contributed by atoms with Gasteiger partial charge in [-0.3, -0.25) is 9.11 Å². The molecule has 0 amide bonds. The number of carboxylic acids is 2. The van der Waals surface area contributed by atoms with E-state index in [9.17, 15) is 61.1 Å². The minimum absolute atomic E-state index is 0.250. The number of fused-ring (bicyclic) bond motifs is 1. The summed E-state index contributed by atoms with van der Waals surface area (Å²) < 4.78 is 65.3. The molecule has 15 heteroatoms. The maximum atomic E-state index is 11.7. The Morgan fingerprint density at radius 1 is 0.741 bits per heavy atom. The second kappa shape index (κ2) is 5.95. The number of aromatic hydroxyl groups is 3. The highest BCUT2D eigenvalue weighted by Crippen LogP contribution is 2.47. The van der Waals surface area contributed by atoms with Gasteiger partial charge in [0.05, 0.1) is 11.1 Å². The molecule has 0 aromatic heterocycles. The highest BCUT2D eigenvalue weighted by molar-refractivity contribution is 7.89. The molecule has 0 aliphatic carbocycles. The minimum atomic E-state index is -5.78. The summed E-state index contributed by atoms with van der Waals surface area (Å²) in [6, 6.07) is 0.250. The molecule has 0 radical (unpaired) electrons. The van der Waals surface area contributed by atoms with Crippen LogP contribution in [0.25, 0.3) is 10.8 Å². The molecule has 0 saturated heterocycles. The molecule has 0 atom stereocenters. The van der Waals surface area contributed by atoms with Gasteiger partial charge < -0.3 is 25.5 Å². The molecule has 0 unspecified atom stereocenters. The average molecular weight is 424 g/mol. The van der Waals surface area contributed by atoms with E-state index in [0.29, 0.717) is 0 Å². The smallest absolute Gasteiger partial charge is 0.338 e. The van der Waals surface area contributed by atoms with Crippen molar-refractivity contribution >= 4 is 42.9 Å². The Bertz CT molecular complexity index is 1240. The van der Waals surface area contributed by atoms with E-state index in [1.165, 1.54) is 0 Å².